The van der Waals surface area contributed by atoms with Gasteiger partial charge in [-0.05, 0) is 44.6 Å². The predicted octanol–water partition coefficient (Wildman–Crippen LogP) is 4.52. The highest BCUT2D eigenvalue weighted by atomic mass is 32.1. The molecule has 1 aromatic rings. The number of aliphatic hydroxyl groups is 2. The van der Waals surface area contributed by atoms with Crippen molar-refractivity contribution in [1.82, 2.24) is 4.98 Å². The van der Waals surface area contributed by atoms with Gasteiger partial charge in [0.15, 0.2) is 12.2 Å². The quantitative estimate of drug-likeness (QED) is 0.352. The van der Waals surface area contributed by atoms with E-state index in [0.29, 0.717) is 30.8 Å². The van der Waals surface area contributed by atoms with Gasteiger partial charge < -0.3 is 19.7 Å². The van der Waals surface area contributed by atoms with E-state index in [-0.39, 0.29) is 18.1 Å². The van der Waals surface area contributed by atoms with Gasteiger partial charge in [-0.2, -0.15) is 0 Å². The maximum absolute atomic E-state index is 13.1. The Bertz CT molecular complexity index is 957. The maximum atomic E-state index is 13.1. The number of Topliss-reactive ketones (excluding diaryl/α,β-unsaturated/α-hetero) is 1. The Kier molecular flexibility index (Phi) is 8.31. The minimum atomic E-state index is -1.83. The lowest BCUT2D eigenvalue weighted by atomic mass is 9.75. The number of ether oxygens (including phenoxy) is 2. The van der Waals surface area contributed by atoms with E-state index in [9.17, 15) is 19.8 Å². The summed E-state index contributed by atoms with van der Waals surface area (Å²) in [6.45, 7) is 15.6. The largest absolute Gasteiger partial charge is 0.455 e. The Labute approximate surface area is 212 Å². The summed E-state index contributed by atoms with van der Waals surface area (Å²) in [6, 6.07) is 0. The highest BCUT2D eigenvalue weighted by Crippen LogP contribution is 2.53. The van der Waals surface area contributed by atoms with Gasteiger partial charge in [0.1, 0.15) is 11.4 Å². The van der Waals surface area contributed by atoms with Crippen LogP contribution in [0.4, 0.5) is 0 Å². The molecule has 6 unspecified atom stereocenters. The minimum Gasteiger partial charge on any atom is -0.455 e. The predicted molar refractivity (Wildman–Crippen MR) is 135 cm³/mol. The zero-order chi connectivity index (χ0) is 26.2. The first-order valence-corrected chi connectivity index (χ1v) is 13.5. The van der Waals surface area contributed by atoms with Crippen molar-refractivity contribution in [2.75, 3.05) is 0 Å². The summed E-state index contributed by atoms with van der Waals surface area (Å²) in [7, 11) is 0. The summed E-state index contributed by atoms with van der Waals surface area (Å²) in [5, 5.41) is 25.3. The molecule has 2 aliphatic rings. The number of aryl methyl sites for hydroxylation is 1. The van der Waals surface area contributed by atoms with E-state index in [0.717, 1.165) is 30.0 Å². The average Bonchev–Trinajstić information content (AvgIpc) is 3.09. The van der Waals surface area contributed by atoms with Crippen LogP contribution in [0, 0.1) is 24.2 Å². The Morgan fingerprint density at radius 2 is 1.94 bits per heavy atom. The monoisotopic (exact) mass is 507 g/mol. The first kappa shape index (κ1) is 28.0. The van der Waals surface area contributed by atoms with Crippen LogP contribution in [0.2, 0.25) is 0 Å². The number of carbonyl (C=O) groups excluding carboxylic acids is 2. The van der Waals surface area contributed by atoms with Gasteiger partial charge in [0, 0.05) is 29.6 Å². The van der Waals surface area contributed by atoms with Crippen molar-refractivity contribution in [2.24, 2.45) is 17.3 Å². The molecule has 35 heavy (non-hydrogen) atoms. The first-order valence-electron chi connectivity index (χ1n) is 12.6. The van der Waals surface area contributed by atoms with Gasteiger partial charge in [-0.1, -0.05) is 47.1 Å². The number of thiazole rings is 1. The number of epoxide rings is 1. The molecule has 0 aromatic carbocycles. The number of esters is 1. The molecule has 8 heteroatoms. The van der Waals surface area contributed by atoms with Gasteiger partial charge in [-0.15, -0.1) is 11.3 Å². The zero-order valence-electron chi connectivity index (χ0n) is 21.9. The summed E-state index contributed by atoms with van der Waals surface area (Å²) in [4.78, 5) is 30.5. The zero-order valence-corrected chi connectivity index (χ0v) is 22.7. The van der Waals surface area contributed by atoms with Crippen LogP contribution in [0.5, 0.6) is 0 Å². The van der Waals surface area contributed by atoms with Crippen molar-refractivity contribution in [1.29, 1.82) is 0 Å². The van der Waals surface area contributed by atoms with E-state index in [1.165, 1.54) is 11.3 Å². The van der Waals surface area contributed by atoms with Crippen molar-refractivity contribution in [3.63, 3.8) is 0 Å². The fraction of sp³-hybridized carbons (Fsp3) is 0.741. The van der Waals surface area contributed by atoms with Gasteiger partial charge in [0.2, 0.25) is 5.79 Å². The number of fused-ring (bicyclic) bond motifs is 1. The molecule has 6 atom stereocenters. The fourth-order valence-corrected chi connectivity index (χ4v) is 5.95. The Balaban J connectivity index is 1.85. The van der Waals surface area contributed by atoms with Crippen molar-refractivity contribution in [2.45, 2.75) is 110 Å². The summed E-state index contributed by atoms with van der Waals surface area (Å²) in [5.74, 6) is -2.01. The van der Waals surface area contributed by atoms with Crippen molar-refractivity contribution < 1.29 is 29.3 Å². The van der Waals surface area contributed by atoms with E-state index >= 15 is 0 Å². The molecule has 0 bridgehead atoms. The lowest BCUT2D eigenvalue weighted by Crippen LogP contribution is -2.47. The van der Waals surface area contributed by atoms with Crippen LogP contribution in [0.3, 0.4) is 0 Å². The summed E-state index contributed by atoms with van der Waals surface area (Å²) in [5.41, 5.74) is -0.431. The van der Waals surface area contributed by atoms with E-state index < -0.39 is 35.0 Å². The molecule has 0 amide bonds. The first-order chi connectivity index (χ1) is 16.2. The average molecular weight is 508 g/mol. The number of aromatic nitrogens is 1. The number of hydrogen-bond acceptors (Lipinski definition) is 8. The van der Waals surface area contributed by atoms with E-state index in [1.54, 1.807) is 6.92 Å². The molecule has 2 N–H and O–H groups in total. The third kappa shape index (κ3) is 6.21. The number of nitrogens with zero attached hydrogens (tertiary/aromatic N) is 1. The minimum absolute atomic E-state index is 0.0177. The van der Waals surface area contributed by atoms with E-state index in [2.05, 4.69) is 18.5 Å². The molecular formula is C27H41NO6S. The van der Waals surface area contributed by atoms with Crippen LogP contribution >= 0.6 is 11.3 Å². The van der Waals surface area contributed by atoms with Gasteiger partial charge in [0.05, 0.1) is 10.7 Å². The number of hydrogen-bond donors (Lipinski definition) is 2. The van der Waals surface area contributed by atoms with Gasteiger partial charge >= 0.3 is 5.97 Å². The van der Waals surface area contributed by atoms with Crippen molar-refractivity contribution in [3.05, 3.63) is 28.2 Å². The molecule has 0 aliphatic carbocycles. The highest BCUT2D eigenvalue weighted by Gasteiger charge is 2.71. The van der Waals surface area contributed by atoms with Crippen molar-refractivity contribution >= 4 is 23.1 Å². The van der Waals surface area contributed by atoms with Gasteiger partial charge in [-0.3, -0.25) is 9.59 Å². The molecule has 0 spiro atoms. The lowest BCUT2D eigenvalue weighted by molar-refractivity contribution is -0.165. The number of ketones is 1. The van der Waals surface area contributed by atoms with Gasteiger partial charge in [-0.25, -0.2) is 4.98 Å². The highest BCUT2D eigenvalue weighted by molar-refractivity contribution is 7.09. The van der Waals surface area contributed by atoms with Crippen LogP contribution in [-0.2, 0) is 25.5 Å². The molecule has 3 heterocycles. The SMILES string of the molecule is C=C(Cc1csc(C)n1)C1OC(=O)CCC(C)(C)C(=O)C(C)CC(C)CCCC2(C)OC2(O)C1O. The van der Waals surface area contributed by atoms with Crippen LogP contribution in [0.25, 0.3) is 0 Å². The molecule has 0 radical (unpaired) electrons. The second-order valence-electron chi connectivity index (χ2n) is 11.5. The number of cyclic esters (lactones) is 1. The molecule has 2 fully saturated rings. The molecular weight excluding hydrogens is 466 g/mol. The third-order valence-electron chi connectivity index (χ3n) is 7.70. The Morgan fingerprint density at radius 1 is 1.26 bits per heavy atom. The molecule has 196 valence electrons. The van der Waals surface area contributed by atoms with E-state index in [1.807, 2.05) is 33.1 Å². The van der Waals surface area contributed by atoms with Crippen LogP contribution in [0.15, 0.2) is 17.5 Å². The Hall–Kier alpha value is -1.61. The molecule has 1 aromatic heterocycles. The summed E-state index contributed by atoms with van der Waals surface area (Å²) in [6.07, 6.45) is 0.964. The number of carbonyl (C=O) groups is 2. The summed E-state index contributed by atoms with van der Waals surface area (Å²) < 4.78 is 11.4. The molecule has 2 aliphatic heterocycles. The van der Waals surface area contributed by atoms with Gasteiger partial charge in [0.25, 0.3) is 0 Å². The maximum Gasteiger partial charge on any atom is 0.306 e. The van der Waals surface area contributed by atoms with Crippen molar-refractivity contribution in [3.8, 4) is 0 Å². The number of rotatable bonds is 3. The number of aliphatic hydroxyl groups excluding tert-OH is 1. The second-order valence-corrected chi connectivity index (χ2v) is 12.5. The smallest absolute Gasteiger partial charge is 0.306 e. The third-order valence-corrected chi connectivity index (χ3v) is 8.52. The second kappa shape index (κ2) is 10.4. The molecule has 0 saturated carbocycles. The fourth-order valence-electron chi connectivity index (χ4n) is 5.34. The molecule has 3 rings (SSSR count). The van der Waals surface area contributed by atoms with Crippen LogP contribution in [0.1, 0.15) is 83.8 Å². The van der Waals surface area contributed by atoms with Crippen LogP contribution < -0.4 is 0 Å². The standard InChI is InChI=1S/C27H41NO6S/c1-16-9-8-11-26(7)27(32,34-26)24(31)22(17(2)14-20-15-35-19(4)28-20)33-21(29)10-12-25(5,6)23(30)18(3)13-16/h15-16,18,22,24,31-32H,2,8-14H2,1,3-7H3. The summed E-state index contributed by atoms with van der Waals surface area (Å²) >= 11 is 1.50. The Morgan fingerprint density at radius 3 is 2.57 bits per heavy atom. The lowest BCUT2D eigenvalue weighted by Gasteiger charge is -2.30. The molecule has 7 nitrogen and oxygen atoms in total. The molecule has 2 saturated heterocycles. The van der Waals surface area contributed by atoms with Crippen LogP contribution in [-0.4, -0.2) is 50.5 Å². The van der Waals surface area contributed by atoms with E-state index in [4.69, 9.17) is 9.47 Å². The topological polar surface area (TPSA) is 109 Å². The normalized spacial score (nSPS) is 36.8.